The smallest absolute Gasteiger partial charge is 0.335 e. The summed E-state index contributed by atoms with van der Waals surface area (Å²) in [7, 11) is 0. The molecule has 1 aromatic carbocycles. The lowest BCUT2D eigenvalue weighted by Gasteiger charge is -2.29. The van der Waals surface area contributed by atoms with Gasteiger partial charge in [-0.1, -0.05) is 26.8 Å². The summed E-state index contributed by atoms with van der Waals surface area (Å²) in [6.07, 6.45) is 0.679. The first kappa shape index (κ1) is 20.9. The molecule has 1 aliphatic heterocycles. The maximum Gasteiger partial charge on any atom is 0.335 e. The molecule has 0 aromatic heterocycles. The molecular weight excluding hydrogens is 346 g/mol. The van der Waals surface area contributed by atoms with Gasteiger partial charge in [0.2, 0.25) is 11.8 Å². The second-order valence-electron chi connectivity index (χ2n) is 7.33. The number of carboxylic acid groups (broad SMARTS) is 1. The first-order valence-electron chi connectivity index (χ1n) is 9.46. The van der Waals surface area contributed by atoms with E-state index in [0.717, 1.165) is 18.7 Å². The van der Waals surface area contributed by atoms with Crippen molar-refractivity contribution in [2.24, 2.45) is 5.92 Å². The van der Waals surface area contributed by atoms with E-state index in [-0.39, 0.29) is 35.6 Å². The third-order valence-corrected chi connectivity index (χ3v) is 4.85. The molecule has 2 amide bonds. The molecule has 3 N–H and O–H groups in total. The summed E-state index contributed by atoms with van der Waals surface area (Å²) in [5.74, 6) is -1.23. The molecular formula is C20H29N3O4. The molecule has 1 aromatic rings. The average molecular weight is 375 g/mol. The zero-order valence-corrected chi connectivity index (χ0v) is 16.2. The third-order valence-electron chi connectivity index (χ3n) is 4.85. The highest BCUT2D eigenvalue weighted by atomic mass is 16.4. The first-order valence-corrected chi connectivity index (χ1v) is 9.46. The quantitative estimate of drug-likeness (QED) is 0.679. The highest BCUT2D eigenvalue weighted by Gasteiger charge is 2.22. The van der Waals surface area contributed by atoms with Crippen LogP contribution in [0, 0.1) is 5.92 Å². The Bertz CT molecular complexity index is 696. The van der Waals surface area contributed by atoms with E-state index in [9.17, 15) is 19.5 Å². The second kappa shape index (κ2) is 9.50. The Morgan fingerprint density at radius 3 is 2.44 bits per heavy atom. The molecule has 0 aliphatic carbocycles. The fourth-order valence-corrected chi connectivity index (χ4v) is 3.18. The number of hydrogen-bond acceptors (Lipinski definition) is 4. The third kappa shape index (κ3) is 5.79. The second-order valence-corrected chi connectivity index (χ2v) is 7.33. The number of piperazine rings is 1. The van der Waals surface area contributed by atoms with Gasteiger partial charge in [0.1, 0.15) is 0 Å². The minimum absolute atomic E-state index is 0.0834. The number of benzene rings is 1. The van der Waals surface area contributed by atoms with Gasteiger partial charge in [-0.15, -0.1) is 0 Å². The normalized spacial score (nSPS) is 15.5. The Morgan fingerprint density at radius 1 is 1.19 bits per heavy atom. The number of nitrogens with one attached hydrogen (secondary N) is 2. The SMILES string of the molecule is CC(CCC(=O)Nc1cc(C(=O)O)ccc1C(C)C)C(=O)N1CCNCC1. The monoisotopic (exact) mass is 375 g/mol. The molecule has 1 fully saturated rings. The Labute approximate surface area is 160 Å². The van der Waals surface area contributed by atoms with E-state index < -0.39 is 5.97 Å². The number of carbonyl (C=O) groups is 3. The van der Waals surface area contributed by atoms with Crippen LogP contribution in [-0.2, 0) is 9.59 Å². The topological polar surface area (TPSA) is 98.7 Å². The van der Waals surface area contributed by atoms with E-state index in [0.29, 0.717) is 25.2 Å². The predicted octanol–water partition coefficient (Wildman–Crippen LogP) is 2.29. The minimum atomic E-state index is -1.03. The standard InChI is InChI=1S/C20H29N3O4/c1-13(2)16-6-5-15(20(26)27)12-17(16)22-18(24)7-4-14(3)19(25)23-10-8-21-9-11-23/h5-6,12-14,21H,4,7-11H2,1-3H3,(H,22,24)(H,26,27). The molecule has 7 heteroatoms. The van der Waals surface area contributed by atoms with Crippen LogP contribution >= 0.6 is 0 Å². The summed E-state index contributed by atoms with van der Waals surface area (Å²) < 4.78 is 0. The fourth-order valence-electron chi connectivity index (χ4n) is 3.18. The van der Waals surface area contributed by atoms with Gasteiger partial charge in [0.05, 0.1) is 5.56 Å². The zero-order chi connectivity index (χ0) is 20.0. The largest absolute Gasteiger partial charge is 0.478 e. The summed E-state index contributed by atoms with van der Waals surface area (Å²) in [5.41, 5.74) is 1.55. The summed E-state index contributed by atoms with van der Waals surface area (Å²) in [4.78, 5) is 37.9. The number of aromatic carboxylic acids is 1. The molecule has 1 saturated heterocycles. The van der Waals surface area contributed by atoms with Gasteiger partial charge in [0, 0.05) is 44.2 Å². The predicted molar refractivity (Wildman–Crippen MR) is 104 cm³/mol. The van der Waals surface area contributed by atoms with Crippen molar-refractivity contribution in [3.63, 3.8) is 0 Å². The summed E-state index contributed by atoms with van der Waals surface area (Å²) in [5, 5.41) is 15.2. The molecule has 27 heavy (non-hydrogen) atoms. The van der Waals surface area contributed by atoms with E-state index in [2.05, 4.69) is 10.6 Å². The average Bonchev–Trinajstić information content (AvgIpc) is 2.65. The van der Waals surface area contributed by atoms with Gasteiger partial charge in [-0.3, -0.25) is 9.59 Å². The van der Waals surface area contributed by atoms with Gasteiger partial charge < -0.3 is 20.6 Å². The zero-order valence-electron chi connectivity index (χ0n) is 16.2. The highest BCUT2D eigenvalue weighted by molar-refractivity contribution is 5.95. The Hall–Kier alpha value is -2.41. The number of nitrogens with zero attached hydrogens (tertiary/aromatic N) is 1. The number of rotatable bonds is 7. The van der Waals surface area contributed by atoms with Crippen LogP contribution in [-0.4, -0.2) is 54.0 Å². The molecule has 0 bridgehead atoms. The van der Waals surface area contributed by atoms with Gasteiger partial charge in [0.15, 0.2) is 0 Å². The van der Waals surface area contributed by atoms with Crippen molar-refractivity contribution in [2.45, 2.75) is 39.5 Å². The molecule has 0 saturated carbocycles. The van der Waals surface area contributed by atoms with Crippen LogP contribution in [0.1, 0.15) is 55.5 Å². The number of anilines is 1. The molecule has 1 atom stereocenters. The lowest BCUT2D eigenvalue weighted by atomic mass is 9.98. The van der Waals surface area contributed by atoms with Crippen molar-refractivity contribution < 1.29 is 19.5 Å². The lowest BCUT2D eigenvalue weighted by molar-refractivity contribution is -0.135. The Balaban J connectivity index is 1.95. The summed E-state index contributed by atoms with van der Waals surface area (Å²) in [6.45, 7) is 8.83. The van der Waals surface area contributed by atoms with Crippen LogP contribution in [0.2, 0.25) is 0 Å². The van der Waals surface area contributed by atoms with Crippen molar-refractivity contribution in [2.75, 3.05) is 31.5 Å². The van der Waals surface area contributed by atoms with Crippen molar-refractivity contribution in [1.82, 2.24) is 10.2 Å². The van der Waals surface area contributed by atoms with Gasteiger partial charge in [-0.25, -0.2) is 4.79 Å². The van der Waals surface area contributed by atoms with Crippen molar-refractivity contribution in [3.05, 3.63) is 29.3 Å². The van der Waals surface area contributed by atoms with Gasteiger partial charge in [0.25, 0.3) is 0 Å². The molecule has 7 nitrogen and oxygen atoms in total. The van der Waals surface area contributed by atoms with E-state index in [1.165, 1.54) is 6.07 Å². The van der Waals surface area contributed by atoms with Crippen LogP contribution in [0.5, 0.6) is 0 Å². The van der Waals surface area contributed by atoms with Crippen LogP contribution in [0.4, 0.5) is 5.69 Å². The molecule has 2 rings (SSSR count). The minimum Gasteiger partial charge on any atom is -0.478 e. The molecule has 0 spiro atoms. The van der Waals surface area contributed by atoms with Gasteiger partial charge in [-0.05, 0) is 30.0 Å². The van der Waals surface area contributed by atoms with Crippen LogP contribution in [0.3, 0.4) is 0 Å². The number of amides is 2. The van der Waals surface area contributed by atoms with E-state index >= 15 is 0 Å². The molecule has 148 valence electrons. The number of carboxylic acids is 1. The molecule has 1 heterocycles. The maximum atomic E-state index is 12.4. The Morgan fingerprint density at radius 2 is 1.85 bits per heavy atom. The summed E-state index contributed by atoms with van der Waals surface area (Å²) in [6, 6.07) is 4.77. The van der Waals surface area contributed by atoms with Crippen molar-refractivity contribution >= 4 is 23.5 Å². The van der Waals surface area contributed by atoms with Gasteiger partial charge in [-0.2, -0.15) is 0 Å². The fraction of sp³-hybridized carbons (Fsp3) is 0.550. The van der Waals surface area contributed by atoms with E-state index in [4.69, 9.17) is 0 Å². The van der Waals surface area contributed by atoms with Crippen molar-refractivity contribution in [1.29, 1.82) is 0 Å². The lowest BCUT2D eigenvalue weighted by Crippen LogP contribution is -2.48. The van der Waals surface area contributed by atoms with Crippen LogP contribution in [0.25, 0.3) is 0 Å². The molecule has 1 unspecified atom stereocenters. The molecule has 1 aliphatic rings. The summed E-state index contributed by atoms with van der Waals surface area (Å²) >= 11 is 0. The van der Waals surface area contributed by atoms with Crippen molar-refractivity contribution in [3.8, 4) is 0 Å². The molecule has 0 radical (unpaired) electrons. The number of hydrogen-bond donors (Lipinski definition) is 3. The first-order chi connectivity index (χ1) is 12.8. The van der Waals surface area contributed by atoms with Crippen LogP contribution in [0.15, 0.2) is 18.2 Å². The van der Waals surface area contributed by atoms with Gasteiger partial charge >= 0.3 is 5.97 Å². The van der Waals surface area contributed by atoms with E-state index in [1.54, 1.807) is 12.1 Å². The van der Waals surface area contributed by atoms with E-state index in [1.807, 2.05) is 25.7 Å². The highest BCUT2D eigenvalue weighted by Crippen LogP contribution is 2.26. The number of carbonyl (C=O) groups excluding carboxylic acids is 2. The van der Waals surface area contributed by atoms with Crippen LogP contribution < -0.4 is 10.6 Å². The Kier molecular flexibility index (Phi) is 7.36. The maximum absolute atomic E-state index is 12.4.